The van der Waals surface area contributed by atoms with Gasteiger partial charge in [0.05, 0.1) is 29.0 Å². The highest BCUT2D eigenvalue weighted by atomic mass is 32.2. The number of hydrogen-bond acceptors (Lipinski definition) is 4. The lowest BCUT2D eigenvalue weighted by Gasteiger charge is -2.29. The number of nitrogens with zero attached hydrogens (tertiary/aromatic N) is 2. The molecule has 3 rings (SSSR count). The third-order valence-corrected chi connectivity index (χ3v) is 5.20. The lowest BCUT2D eigenvalue weighted by atomic mass is 10.1. The van der Waals surface area contributed by atoms with E-state index in [2.05, 4.69) is 38.1 Å². The summed E-state index contributed by atoms with van der Waals surface area (Å²) in [4.78, 5) is 19.2. The Morgan fingerprint density at radius 1 is 1.26 bits per heavy atom. The zero-order chi connectivity index (χ0) is 16.4. The summed E-state index contributed by atoms with van der Waals surface area (Å²) >= 11 is 1.54. The van der Waals surface area contributed by atoms with Gasteiger partial charge in [0.25, 0.3) is 0 Å². The van der Waals surface area contributed by atoms with E-state index < -0.39 is 0 Å². The summed E-state index contributed by atoms with van der Waals surface area (Å²) in [6.45, 7) is 8.78. The maximum atomic E-state index is 12.5. The van der Waals surface area contributed by atoms with Gasteiger partial charge in [-0.05, 0) is 38.0 Å². The van der Waals surface area contributed by atoms with Gasteiger partial charge in [-0.15, -0.1) is 0 Å². The first-order valence-corrected chi connectivity index (χ1v) is 8.84. The topological polar surface area (TPSA) is 42.4 Å². The van der Waals surface area contributed by atoms with Crippen LogP contribution >= 0.6 is 11.8 Å². The number of benzene rings is 1. The van der Waals surface area contributed by atoms with Crippen LogP contribution in [0.4, 0.5) is 0 Å². The van der Waals surface area contributed by atoms with E-state index in [9.17, 15) is 4.79 Å². The van der Waals surface area contributed by atoms with Crippen LogP contribution in [0, 0.1) is 13.8 Å². The summed E-state index contributed by atoms with van der Waals surface area (Å²) in [5.41, 5.74) is 3.40. The van der Waals surface area contributed by atoms with Crippen molar-refractivity contribution in [2.75, 3.05) is 26.3 Å². The van der Waals surface area contributed by atoms with E-state index in [1.165, 1.54) is 28.3 Å². The molecule has 1 aromatic carbocycles. The molecule has 0 N–H and O–H groups in total. The number of para-hydroxylation sites is 1. The molecule has 0 unspecified atom stereocenters. The summed E-state index contributed by atoms with van der Waals surface area (Å²) in [7, 11) is 0. The molecule has 1 aromatic heterocycles. The quantitative estimate of drug-likeness (QED) is 0.811. The van der Waals surface area contributed by atoms with E-state index in [0.29, 0.717) is 26.3 Å². The first-order valence-electron chi connectivity index (χ1n) is 7.96. The molecule has 0 radical (unpaired) electrons. The summed E-state index contributed by atoms with van der Waals surface area (Å²) in [6, 6.07) is 8.31. The SMILES string of the molecule is Cc1cc(S[C@H](C)C(=O)N2CCOCC2)nc2c(C)cccc12. The number of hydrogen-bond donors (Lipinski definition) is 0. The standard InChI is InChI=1S/C18H22N2O2S/c1-12-5-4-6-15-13(2)11-16(19-17(12)15)23-14(3)18(21)20-7-9-22-10-8-20/h4-6,11,14H,7-10H2,1-3H3/t14-/m1/s1. The Morgan fingerprint density at radius 3 is 2.74 bits per heavy atom. The molecule has 1 fully saturated rings. The van der Waals surface area contributed by atoms with E-state index >= 15 is 0 Å². The Kier molecular flexibility index (Phi) is 4.87. The lowest BCUT2D eigenvalue weighted by Crippen LogP contribution is -2.44. The van der Waals surface area contributed by atoms with Crippen molar-refractivity contribution in [3.63, 3.8) is 0 Å². The van der Waals surface area contributed by atoms with Crippen LogP contribution in [0.2, 0.25) is 0 Å². The monoisotopic (exact) mass is 330 g/mol. The van der Waals surface area contributed by atoms with Gasteiger partial charge in [0.2, 0.25) is 5.91 Å². The maximum Gasteiger partial charge on any atom is 0.235 e. The van der Waals surface area contributed by atoms with Gasteiger partial charge in [0.15, 0.2) is 0 Å². The fourth-order valence-corrected chi connectivity index (χ4v) is 3.86. The first kappa shape index (κ1) is 16.3. The largest absolute Gasteiger partial charge is 0.378 e. The van der Waals surface area contributed by atoms with Crippen LogP contribution in [-0.2, 0) is 9.53 Å². The lowest BCUT2D eigenvalue weighted by molar-refractivity contribution is -0.134. The molecule has 1 aliphatic heterocycles. The fraction of sp³-hybridized carbons (Fsp3) is 0.444. The Labute approximate surface area is 141 Å². The van der Waals surface area contributed by atoms with Crippen molar-refractivity contribution >= 4 is 28.6 Å². The van der Waals surface area contributed by atoms with Gasteiger partial charge in [0, 0.05) is 18.5 Å². The smallest absolute Gasteiger partial charge is 0.235 e. The number of aryl methyl sites for hydroxylation is 2. The van der Waals surface area contributed by atoms with Crippen LogP contribution in [0.1, 0.15) is 18.1 Å². The molecule has 5 heteroatoms. The molecule has 23 heavy (non-hydrogen) atoms. The highest BCUT2D eigenvalue weighted by molar-refractivity contribution is 8.00. The van der Waals surface area contributed by atoms with Crippen LogP contribution in [0.15, 0.2) is 29.3 Å². The second-order valence-electron chi connectivity index (χ2n) is 5.95. The summed E-state index contributed by atoms with van der Waals surface area (Å²) in [5, 5.41) is 1.96. The average molecular weight is 330 g/mol. The van der Waals surface area contributed by atoms with Crippen molar-refractivity contribution in [3.8, 4) is 0 Å². The van der Waals surface area contributed by atoms with Crippen LogP contribution in [0.3, 0.4) is 0 Å². The number of fused-ring (bicyclic) bond motifs is 1. The molecule has 2 heterocycles. The number of thioether (sulfide) groups is 1. The number of aromatic nitrogens is 1. The molecule has 2 aromatic rings. The number of pyridine rings is 1. The average Bonchev–Trinajstić information content (AvgIpc) is 2.56. The minimum absolute atomic E-state index is 0.138. The molecule has 1 amide bonds. The van der Waals surface area contributed by atoms with E-state index in [1.807, 2.05) is 11.8 Å². The number of rotatable bonds is 3. The van der Waals surface area contributed by atoms with Crippen LogP contribution in [0.25, 0.3) is 10.9 Å². The highest BCUT2D eigenvalue weighted by Gasteiger charge is 2.23. The number of carbonyl (C=O) groups is 1. The molecular formula is C18H22N2O2S. The van der Waals surface area contributed by atoms with Gasteiger partial charge in [-0.2, -0.15) is 0 Å². The van der Waals surface area contributed by atoms with E-state index in [-0.39, 0.29) is 11.2 Å². The zero-order valence-electron chi connectivity index (χ0n) is 13.8. The molecule has 0 bridgehead atoms. The van der Waals surface area contributed by atoms with Gasteiger partial charge in [0.1, 0.15) is 0 Å². The van der Waals surface area contributed by atoms with Crippen LogP contribution in [0.5, 0.6) is 0 Å². The minimum Gasteiger partial charge on any atom is -0.378 e. The van der Waals surface area contributed by atoms with E-state index in [4.69, 9.17) is 9.72 Å². The Morgan fingerprint density at radius 2 is 2.00 bits per heavy atom. The van der Waals surface area contributed by atoms with Gasteiger partial charge in [-0.1, -0.05) is 30.0 Å². The number of morpholine rings is 1. The third kappa shape index (κ3) is 3.51. The Bertz CT molecular complexity index is 726. The molecule has 1 atom stereocenters. The van der Waals surface area contributed by atoms with Gasteiger partial charge < -0.3 is 9.64 Å². The van der Waals surface area contributed by atoms with Gasteiger partial charge in [-0.3, -0.25) is 4.79 Å². The molecule has 122 valence electrons. The normalized spacial score (nSPS) is 16.6. The second kappa shape index (κ2) is 6.89. The Hall–Kier alpha value is -1.59. The fourth-order valence-electron chi connectivity index (χ4n) is 2.86. The molecular weight excluding hydrogens is 308 g/mol. The Balaban J connectivity index is 1.80. The number of carbonyl (C=O) groups excluding carboxylic acids is 1. The molecule has 0 spiro atoms. The van der Waals surface area contributed by atoms with Crippen molar-refractivity contribution < 1.29 is 9.53 Å². The summed E-state index contributed by atoms with van der Waals surface area (Å²) < 4.78 is 5.31. The van der Waals surface area contributed by atoms with Crippen LogP contribution in [-0.4, -0.2) is 47.3 Å². The van der Waals surface area contributed by atoms with Crippen molar-refractivity contribution in [2.45, 2.75) is 31.0 Å². The van der Waals surface area contributed by atoms with Crippen molar-refractivity contribution in [3.05, 3.63) is 35.4 Å². The molecule has 1 aliphatic rings. The van der Waals surface area contributed by atoms with Gasteiger partial charge >= 0.3 is 0 Å². The highest BCUT2D eigenvalue weighted by Crippen LogP contribution is 2.28. The minimum atomic E-state index is -0.138. The zero-order valence-corrected chi connectivity index (χ0v) is 14.7. The van der Waals surface area contributed by atoms with E-state index in [1.54, 1.807) is 0 Å². The third-order valence-electron chi connectivity index (χ3n) is 4.19. The molecule has 0 saturated carbocycles. The first-order chi connectivity index (χ1) is 11.1. The van der Waals surface area contributed by atoms with Crippen LogP contribution < -0.4 is 0 Å². The van der Waals surface area contributed by atoms with E-state index in [0.717, 1.165) is 10.5 Å². The second-order valence-corrected chi connectivity index (χ2v) is 7.31. The molecule has 1 saturated heterocycles. The maximum absolute atomic E-state index is 12.5. The summed E-state index contributed by atoms with van der Waals surface area (Å²) in [5.74, 6) is 0.169. The predicted molar refractivity (Wildman–Crippen MR) is 93.9 cm³/mol. The predicted octanol–water partition coefficient (Wildman–Crippen LogP) is 3.19. The summed E-state index contributed by atoms with van der Waals surface area (Å²) in [6.07, 6.45) is 0. The van der Waals surface area contributed by atoms with Crippen molar-refractivity contribution in [1.29, 1.82) is 0 Å². The number of amides is 1. The molecule has 4 nitrogen and oxygen atoms in total. The van der Waals surface area contributed by atoms with Crippen molar-refractivity contribution in [1.82, 2.24) is 9.88 Å². The number of ether oxygens (including phenoxy) is 1. The van der Waals surface area contributed by atoms with Gasteiger partial charge in [-0.25, -0.2) is 4.98 Å². The van der Waals surface area contributed by atoms with Crippen molar-refractivity contribution in [2.24, 2.45) is 0 Å². The molecule has 0 aliphatic carbocycles.